The monoisotopic (exact) mass is 351 g/mol. The summed E-state index contributed by atoms with van der Waals surface area (Å²) in [5.74, 6) is -0.211. The summed E-state index contributed by atoms with van der Waals surface area (Å²) in [4.78, 5) is 36.1. The van der Waals surface area contributed by atoms with Crippen LogP contribution in [0.2, 0.25) is 5.02 Å². The number of rotatable bonds is 5. The smallest absolute Gasteiger partial charge is 0.288 e. The second-order valence-electron chi connectivity index (χ2n) is 5.10. The van der Waals surface area contributed by atoms with Gasteiger partial charge in [-0.15, -0.1) is 0 Å². The molecule has 3 amide bonds. The number of nitrogens with zero attached hydrogens (tertiary/aromatic N) is 2. The molecule has 1 saturated heterocycles. The number of aromatic nitrogens is 1. The van der Waals surface area contributed by atoms with E-state index in [1.807, 2.05) is 24.4 Å². The molecule has 0 unspecified atom stereocenters. The Labute approximate surface area is 141 Å². The minimum Gasteiger partial charge on any atom is -0.353 e. The number of hydrogen-bond donors (Lipinski definition) is 1. The van der Waals surface area contributed by atoms with Crippen LogP contribution in [0.3, 0.4) is 0 Å². The highest BCUT2D eigenvalue weighted by Gasteiger charge is 2.29. The van der Waals surface area contributed by atoms with Crippen molar-refractivity contribution in [1.29, 1.82) is 0 Å². The number of nitrogens with one attached hydrogen (secondary N) is 1. The average Bonchev–Trinajstić information content (AvgIpc) is 3.05. The molecule has 23 heavy (non-hydrogen) atoms. The van der Waals surface area contributed by atoms with Crippen molar-refractivity contribution in [1.82, 2.24) is 14.8 Å². The van der Waals surface area contributed by atoms with Crippen LogP contribution in [-0.2, 0) is 16.1 Å². The maximum absolute atomic E-state index is 12.0. The molecule has 0 saturated carbocycles. The van der Waals surface area contributed by atoms with Crippen LogP contribution >= 0.6 is 23.4 Å². The van der Waals surface area contributed by atoms with Gasteiger partial charge in [-0.1, -0.05) is 29.4 Å². The van der Waals surface area contributed by atoms with Crippen LogP contribution in [0.15, 0.2) is 30.5 Å². The number of thioether (sulfide) groups is 1. The largest absolute Gasteiger partial charge is 0.353 e. The van der Waals surface area contributed by atoms with Gasteiger partial charge in [0.1, 0.15) is 6.54 Å². The normalized spacial score (nSPS) is 14.7. The Morgan fingerprint density at radius 1 is 1.30 bits per heavy atom. The molecule has 1 fully saturated rings. The van der Waals surface area contributed by atoms with E-state index in [0.717, 1.165) is 27.6 Å². The van der Waals surface area contributed by atoms with Crippen LogP contribution in [0.5, 0.6) is 0 Å². The summed E-state index contributed by atoms with van der Waals surface area (Å²) in [7, 11) is 0. The molecule has 1 N–H and O–H groups in total. The number of fused-ring (bicyclic) bond motifs is 1. The minimum absolute atomic E-state index is 0.153. The van der Waals surface area contributed by atoms with E-state index in [-0.39, 0.29) is 42.4 Å². The molecule has 2 aromatic rings. The van der Waals surface area contributed by atoms with Crippen molar-refractivity contribution in [2.45, 2.75) is 6.54 Å². The number of hydrogen-bond acceptors (Lipinski definition) is 4. The lowest BCUT2D eigenvalue weighted by Crippen LogP contribution is -2.38. The van der Waals surface area contributed by atoms with Gasteiger partial charge in [-0.3, -0.25) is 19.3 Å². The molecule has 8 heteroatoms. The lowest BCUT2D eigenvalue weighted by molar-refractivity contribution is -0.125. The molecule has 0 aliphatic carbocycles. The first-order valence-electron chi connectivity index (χ1n) is 7.03. The molecule has 2 heterocycles. The Balaban J connectivity index is 1.55. The highest BCUT2D eigenvalue weighted by molar-refractivity contribution is 8.14. The van der Waals surface area contributed by atoms with Gasteiger partial charge in [-0.05, 0) is 23.6 Å². The van der Waals surface area contributed by atoms with Crippen LogP contribution in [0.25, 0.3) is 10.9 Å². The van der Waals surface area contributed by atoms with E-state index >= 15 is 0 Å². The van der Waals surface area contributed by atoms with E-state index in [2.05, 4.69) is 5.32 Å². The Bertz CT molecular complexity index is 773. The molecule has 0 atom stereocenters. The Kier molecular flexibility index (Phi) is 4.58. The van der Waals surface area contributed by atoms with Crippen LogP contribution in [-0.4, -0.2) is 45.4 Å². The quantitative estimate of drug-likeness (QED) is 0.895. The first kappa shape index (κ1) is 15.9. The van der Waals surface area contributed by atoms with Gasteiger partial charge >= 0.3 is 0 Å². The molecular formula is C15H14ClN3O3S. The van der Waals surface area contributed by atoms with E-state index in [9.17, 15) is 14.4 Å². The third-order valence-electron chi connectivity index (χ3n) is 3.55. The van der Waals surface area contributed by atoms with Gasteiger partial charge in [0.15, 0.2) is 0 Å². The first-order chi connectivity index (χ1) is 11.0. The molecule has 1 aromatic heterocycles. The number of amides is 3. The van der Waals surface area contributed by atoms with Gasteiger partial charge in [-0.2, -0.15) is 0 Å². The number of imide groups is 1. The van der Waals surface area contributed by atoms with Gasteiger partial charge in [-0.25, -0.2) is 0 Å². The zero-order valence-electron chi connectivity index (χ0n) is 12.1. The van der Waals surface area contributed by atoms with Crippen LogP contribution in [0.4, 0.5) is 4.79 Å². The zero-order valence-corrected chi connectivity index (χ0v) is 13.7. The first-order valence-corrected chi connectivity index (χ1v) is 8.39. The fraction of sp³-hybridized carbons (Fsp3) is 0.267. The molecule has 120 valence electrons. The van der Waals surface area contributed by atoms with E-state index in [1.165, 1.54) is 0 Å². The second kappa shape index (κ2) is 6.64. The predicted octanol–water partition coefficient (Wildman–Crippen LogP) is 2.11. The van der Waals surface area contributed by atoms with Gasteiger partial charge < -0.3 is 9.88 Å². The molecular weight excluding hydrogens is 338 g/mol. The molecule has 0 spiro atoms. The zero-order chi connectivity index (χ0) is 16.4. The van der Waals surface area contributed by atoms with E-state index in [4.69, 9.17) is 11.6 Å². The highest BCUT2D eigenvalue weighted by Crippen LogP contribution is 2.20. The van der Waals surface area contributed by atoms with Crippen LogP contribution < -0.4 is 5.32 Å². The fourth-order valence-electron chi connectivity index (χ4n) is 2.41. The molecule has 1 aliphatic rings. The van der Waals surface area contributed by atoms with E-state index in [0.29, 0.717) is 5.02 Å². The number of carbonyl (C=O) groups is 3. The van der Waals surface area contributed by atoms with Crippen molar-refractivity contribution in [3.8, 4) is 0 Å². The summed E-state index contributed by atoms with van der Waals surface area (Å²) < 4.78 is 1.80. The fourth-order valence-corrected chi connectivity index (χ4v) is 3.33. The Hall–Kier alpha value is -1.99. The Morgan fingerprint density at radius 3 is 2.87 bits per heavy atom. The topological polar surface area (TPSA) is 71.4 Å². The van der Waals surface area contributed by atoms with Crippen molar-refractivity contribution in [2.75, 3.05) is 18.8 Å². The van der Waals surface area contributed by atoms with Crippen LogP contribution in [0, 0.1) is 0 Å². The number of halogens is 1. The minimum atomic E-state index is -0.254. The molecule has 1 aliphatic heterocycles. The highest BCUT2D eigenvalue weighted by atomic mass is 35.5. The molecule has 0 radical (unpaired) electrons. The summed E-state index contributed by atoms with van der Waals surface area (Å²) in [6.45, 7) is 0.603. The maximum Gasteiger partial charge on any atom is 0.288 e. The van der Waals surface area contributed by atoms with Crippen molar-refractivity contribution in [3.05, 3.63) is 35.5 Å². The van der Waals surface area contributed by atoms with Gasteiger partial charge in [0.05, 0.1) is 5.75 Å². The summed E-state index contributed by atoms with van der Waals surface area (Å²) >= 11 is 6.97. The van der Waals surface area contributed by atoms with Crippen molar-refractivity contribution >= 4 is 51.3 Å². The summed E-state index contributed by atoms with van der Waals surface area (Å²) in [6.07, 6.45) is 1.82. The second-order valence-corrected chi connectivity index (χ2v) is 6.46. The Morgan fingerprint density at radius 2 is 2.13 bits per heavy atom. The predicted molar refractivity (Wildman–Crippen MR) is 89.5 cm³/mol. The van der Waals surface area contributed by atoms with E-state index < -0.39 is 0 Å². The van der Waals surface area contributed by atoms with Gasteiger partial charge in [0.2, 0.25) is 11.8 Å². The lowest BCUT2D eigenvalue weighted by atomic mass is 10.2. The third kappa shape index (κ3) is 3.51. The molecule has 3 rings (SSSR count). The van der Waals surface area contributed by atoms with Gasteiger partial charge in [0, 0.05) is 29.8 Å². The summed E-state index contributed by atoms with van der Waals surface area (Å²) in [5.41, 5.74) is 0.883. The molecule has 1 aromatic carbocycles. The molecule has 6 nitrogen and oxygen atoms in total. The summed E-state index contributed by atoms with van der Waals surface area (Å²) in [5, 5.41) is 4.09. The summed E-state index contributed by atoms with van der Waals surface area (Å²) in [6, 6.07) is 7.42. The van der Waals surface area contributed by atoms with Crippen molar-refractivity contribution in [2.24, 2.45) is 0 Å². The van der Waals surface area contributed by atoms with Gasteiger partial charge in [0.25, 0.3) is 5.24 Å². The molecule has 0 bridgehead atoms. The average molecular weight is 352 g/mol. The van der Waals surface area contributed by atoms with Crippen LogP contribution in [0.1, 0.15) is 0 Å². The third-order valence-corrected chi connectivity index (χ3v) is 4.64. The SMILES string of the molecule is O=C(Cn1ccc2ccc(Cl)cc21)NCCN1C(=O)CSC1=O. The van der Waals surface area contributed by atoms with Crippen molar-refractivity contribution in [3.63, 3.8) is 0 Å². The maximum atomic E-state index is 12.0. The number of benzene rings is 1. The standard InChI is InChI=1S/C15H14ClN3O3S/c16-11-2-1-10-3-5-18(12(10)7-11)8-13(20)17-4-6-19-14(21)9-23-15(19)22/h1-3,5,7H,4,6,8-9H2,(H,17,20). The van der Waals surface area contributed by atoms with E-state index in [1.54, 1.807) is 10.6 Å². The van der Waals surface area contributed by atoms with Crippen molar-refractivity contribution < 1.29 is 14.4 Å². The lowest BCUT2D eigenvalue weighted by Gasteiger charge is -2.13. The number of carbonyl (C=O) groups excluding carboxylic acids is 3.